The number of nitrogens with zero attached hydrogens (tertiary/aromatic N) is 3. The van der Waals surface area contributed by atoms with E-state index in [1.165, 1.54) is 24.4 Å². The number of nitro benzene ring substituents is 1. The lowest BCUT2D eigenvalue weighted by atomic mass is 10.3. The van der Waals surface area contributed by atoms with Crippen molar-refractivity contribution in [3.05, 3.63) is 44.6 Å². The molecule has 0 saturated carbocycles. The van der Waals surface area contributed by atoms with Crippen molar-refractivity contribution in [3.63, 3.8) is 0 Å². The van der Waals surface area contributed by atoms with E-state index in [1.54, 1.807) is 7.05 Å². The van der Waals surface area contributed by atoms with Crippen LogP contribution < -0.4 is 10.1 Å². The normalized spacial score (nSPS) is 10.2. The lowest BCUT2D eigenvalue weighted by Crippen LogP contribution is -1.98. The van der Waals surface area contributed by atoms with Gasteiger partial charge in [-0.3, -0.25) is 10.1 Å². The molecule has 1 aromatic carbocycles. The molecular formula is C11H8Cl2N4O3. The Hall–Kier alpha value is -2.12. The second-order valence-electron chi connectivity index (χ2n) is 3.57. The number of hydrogen-bond donors (Lipinski definition) is 1. The number of ether oxygens (including phenoxy) is 1. The van der Waals surface area contributed by atoms with Crippen LogP contribution in [0.4, 0.5) is 11.6 Å². The van der Waals surface area contributed by atoms with Crippen LogP contribution in [0, 0.1) is 10.1 Å². The largest absolute Gasteiger partial charge is 0.437 e. The molecule has 0 saturated heterocycles. The molecule has 2 rings (SSSR count). The van der Waals surface area contributed by atoms with Gasteiger partial charge in [-0.05, 0) is 6.07 Å². The molecule has 0 unspecified atom stereocenters. The molecule has 0 spiro atoms. The zero-order valence-corrected chi connectivity index (χ0v) is 11.6. The predicted molar refractivity (Wildman–Crippen MR) is 74.8 cm³/mol. The van der Waals surface area contributed by atoms with Crippen molar-refractivity contribution < 1.29 is 9.66 Å². The predicted octanol–water partition coefficient (Wildman–Crippen LogP) is 3.53. The summed E-state index contributed by atoms with van der Waals surface area (Å²) < 4.78 is 5.44. The summed E-state index contributed by atoms with van der Waals surface area (Å²) in [4.78, 5) is 18.0. The molecule has 2 aromatic rings. The maximum atomic E-state index is 10.7. The second-order valence-corrected chi connectivity index (χ2v) is 4.38. The van der Waals surface area contributed by atoms with Crippen LogP contribution in [-0.4, -0.2) is 21.9 Å². The molecule has 1 aromatic heterocycles. The number of nitro groups is 1. The Kier molecular flexibility index (Phi) is 4.21. The van der Waals surface area contributed by atoms with Crippen molar-refractivity contribution in [1.82, 2.24) is 9.97 Å². The molecule has 7 nitrogen and oxygen atoms in total. The quantitative estimate of drug-likeness (QED) is 0.685. The number of nitrogens with one attached hydrogen (secondary N) is 1. The van der Waals surface area contributed by atoms with E-state index >= 15 is 0 Å². The topological polar surface area (TPSA) is 90.2 Å². The summed E-state index contributed by atoms with van der Waals surface area (Å²) in [6, 6.07) is 3.96. The lowest BCUT2D eigenvalue weighted by molar-refractivity contribution is -0.384. The Morgan fingerprint density at radius 2 is 2.10 bits per heavy atom. The van der Waals surface area contributed by atoms with Crippen LogP contribution in [0.1, 0.15) is 0 Å². The van der Waals surface area contributed by atoms with Gasteiger partial charge in [-0.2, -0.15) is 4.98 Å². The number of rotatable bonds is 4. The molecule has 0 aliphatic carbocycles. The fourth-order valence-corrected chi connectivity index (χ4v) is 1.72. The van der Waals surface area contributed by atoms with E-state index in [9.17, 15) is 10.1 Å². The molecule has 0 atom stereocenters. The number of aromatic nitrogens is 2. The zero-order chi connectivity index (χ0) is 14.7. The van der Waals surface area contributed by atoms with Crippen LogP contribution in [0.3, 0.4) is 0 Å². The van der Waals surface area contributed by atoms with Gasteiger partial charge in [0.25, 0.3) is 5.69 Å². The van der Waals surface area contributed by atoms with Crippen molar-refractivity contribution in [1.29, 1.82) is 0 Å². The minimum absolute atomic E-state index is 0.0356. The first kappa shape index (κ1) is 14.3. The van der Waals surface area contributed by atoms with Crippen LogP contribution in [-0.2, 0) is 0 Å². The third kappa shape index (κ3) is 3.06. The third-order valence-corrected chi connectivity index (χ3v) is 2.83. The van der Waals surface area contributed by atoms with E-state index in [-0.39, 0.29) is 27.4 Å². The van der Waals surface area contributed by atoms with E-state index in [0.29, 0.717) is 5.95 Å². The average molecular weight is 315 g/mol. The van der Waals surface area contributed by atoms with Gasteiger partial charge in [0.05, 0.1) is 11.1 Å². The molecule has 0 aliphatic heterocycles. The Labute approximate surface area is 123 Å². The van der Waals surface area contributed by atoms with Gasteiger partial charge < -0.3 is 10.1 Å². The van der Waals surface area contributed by atoms with Gasteiger partial charge in [0, 0.05) is 19.2 Å². The molecule has 0 amide bonds. The minimum atomic E-state index is -0.580. The third-order valence-electron chi connectivity index (χ3n) is 2.27. The maximum absolute atomic E-state index is 10.7. The standard InChI is InChI=1S/C11H8Cl2N4O3/c1-14-11-15-5-8(13)10(16-11)20-6-2-3-9(17(18)19)7(12)4-6/h2-5H,1H3,(H,14,15,16). The van der Waals surface area contributed by atoms with E-state index in [0.717, 1.165) is 0 Å². The highest BCUT2D eigenvalue weighted by molar-refractivity contribution is 6.33. The van der Waals surface area contributed by atoms with Gasteiger partial charge in [-0.1, -0.05) is 23.2 Å². The van der Waals surface area contributed by atoms with Crippen LogP contribution in [0.5, 0.6) is 11.6 Å². The Morgan fingerprint density at radius 3 is 2.70 bits per heavy atom. The Bertz CT molecular complexity index is 666. The molecule has 104 valence electrons. The molecule has 20 heavy (non-hydrogen) atoms. The van der Waals surface area contributed by atoms with Crippen molar-refractivity contribution >= 4 is 34.8 Å². The zero-order valence-electron chi connectivity index (χ0n) is 10.1. The summed E-state index contributed by atoms with van der Waals surface area (Å²) >= 11 is 11.7. The monoisotopic (exact) mass is 314 g/mol. The van der Waals surface area contributed by atoms with Gasteiger partial charge in [0.15, 0.2) is 0 Å². The SMILES string of the molecule is CNc1ncc(Cl)c(Oc2ccc([N+](=O)[O-])c(Cl)c2)n1. The Balaban J connectivity index is 2.30. The fourth-order valence-electron chi connectivity index (χ4n) is 1.35. The summed E-state index contributed by atoms with van der Waals surface area (Å²) in [7, 11) is 1.65. The molecule has 0 bridgehead atoms. The highest BCUT2D eigenvalue weighted by Gasteiger charge is 2.14. The highest BCUT2D eigenvalue weighted by atomic mass is 35.5. The number of anilines is 1. The summed E-state index contributed by atoms with van der Waals surface area (Å²) in [5.74, 6) is 0.733. The molecule has 1 heterocycles. The van der Waals surface area contributed by atoms with E-state index in [4.69, 9.17) is 27.9 Å². The van der Waals surface area contributed by atoms with Crippen molar-refractivity contribution in [3.8, 4) is 11.6 Å². The second kappa shape index (κ2) is 5.89. The van der Waals surface area contributed by atoms with Gasteiger partial charge in [0.2, 0.25) is 11.8 Å². The van der Waals surface area contributed by atoms with Gasteiger partial charge in [-0.15, -0.1) is 0 Å². The van der Waals surface area contributed by atoms with Crippen LogP contribution in [0.2, 0.25) is 10.0 Å². The lowest BCUT2D eigenvalue weighted by Gasteiger charge is -2.08. The molecule has 0 aliphatic rings. The van der Waals surface area contributed by atoms with Gasteiger partial charge in [-0.25, -0.2) is 4.98 Å². The molecule has 0 radical (unpaired) electrons. The first-order valence-corrected chi connectivity index (χ1v) is 6.09. The van der Waals surface area contributed by atoms with Crippen LogP contribution >= 0.6 is 23.2 Å². The number of halogens is 2. The molecule has 0 fully saturated rings. The van der Waals surface area contributed by atoms with Crippen molar-refractivity contribution in [2.75, 3.05) is 12.4 Å². The van der Waals surface area contributed by atoms with Crippen LogP contribution in [0.25, 0.3) is 0 Å². The van der Waals surface area contributed by atoms with Gasteiger partial charge in [0.1, 0.15) is 15.8 Å². The van der Waals surface area contributed by atoms with Crippen LogP contribution in [0.15, 0.2) is 24.4 Å². The molecule has 9 heteroatoms. The first-order valence-electron chi connectivity index (χ1n) is 5.33. The summed E-state index contributed by atoms with van der Waals surface area (Å²) in [6.45, 7) is 0. The maximum Gasteiger partial charge on any atom is 0.288 e. The fraction of sp³-hybridized carbons (Fsp3) is 0.0909. The first-order chi connectivity index (χ1) is 9.51. The van der Waals surface area contributed by atoms with E-state index < -0.39 is 4.92 Å². The summed E-state index contributed by atoms with van der Waals surface area (Å²) in [5, 5.41) is 13.6. The van der Waals surface area contributed by atoms with E-state index in [1.807, 2.05) is 0 Å². The van der Waals surface area contributed by atoms with E-state index in [2.05, 4.69) is 15.3 Å². The summed E-state index contributed by atoms with van der Waals surface area (Å²) in [5.41, 5.74) is -0.205. The molecular weight excluding hydrogens is 307 g/mol. The summed E-state index contributed by atoms with van der Waals surface area (Å²) in [6.07, 6.45) is 1.38. The number of hydrogen-bond acceptors (Lipinski definition) is 6. The van der Waals surface area contributed by atoms with Crippen molar-refractivity contribution in [2.45, 2.75) is 0 Å². The average Bonchev–Trinajstić information content (AvgIpc) is 2.41. The number of benzene rings is 1. The van der Waals surface area contributed by atoms with Gasteiger partial charge >= 0.3 is 0 Å². The Morgan fingerprint density at radius 1 is 1.35 bits per heavy atom. The molecule has 1 N–H and O–H groups in total. The van der Waals surface area contributed by atoms with Crippen molar-refractivity contribution in [2.24, 2.45) is 0 Å². The highest BCUT2D eigenvalue weighted by Crippen LogP contribution is 2.32. The minimum Gasteiger partial charge on any atom is -0.437 e. The smallest absolute Gasteiger partial charge is 0.288 e.